The molecule has 1 aliphatic carbocycles. The number of hydrogen-bond acceptors (Lipinski definition) is 6. The van der Waals surface area contributed by atoms with E-state index in [0.717, 1.165) is 16.7 Å². The molecule has 2 aromatic carbocycles. The predicted octanol–water partition coefficient (Wildman–Crippen LogP) is 5.21. The number of aromatic nitrogens is 1. The number of benzene rings is 2. The quantitative estimate of drug-likeness (QED) is 0.223. The highest BCUT2D eigenvalue weighted by Crippen LogP contribution is 2.38. The van der Waals surface area contributed by atoms with E-state index < -0.39 is 0 Å². The highest BCUT2D eigenvalue weighted by molar-refractivity contribution is 6.04. The summed E-state index contributed by atoms with van der Waals surface area (Å²) in [5.41, 5.74) is 9.62. The molecule has 39 heavy (non-hydrogen) atoms. The van der Waals surface area contributed by atoms with Crippen molar-refractivity contribution < 1.29 is 9.53 Å². The van der Waals surface area contributed by atoms with Crippen LogP contribution in [0.1, 0.15) is 55.5 Å². The lowest BCUT2D eigenvalue weighted by Gasteiger charge is -2.32. The normalized spacial score (nSPS) is 17.1. The molecule has 0 fully saturated rings. The summed E-state index contributed by atoms with van der Waals surface area (Å²) < 4.78 is 7.90. The van der Waals surface area contributed by atoms with Gasteiger partial charge in [-0.05, 0) is 67.4 Å². The van der Waals surface area contributed by atoms with Gasteiger partial charge in [-0.2, -0.15) is 0 Å². The molecule has 2 atom stereocenters. The summed E-state index contributed by atoms with van der Waals surface area (Å²) in [5.74, 6) is 1.23. The third-order valence-electron chi connectivity index (χ3n) is 6.53. The van der Waals surface area contributed by atoms with Crippen LogP contribution in [0.4, 0.5) is 10.5 Å². The van der Waals surface area contributed by atoms with E-state index in [9.17, 15) is 4.79 Å². The molecule has 0 bridgehead atoms. The van der Waals surface area contributed by atoms with Crippen molar-refractivity contribution in [1.82, 2.24) is 15.2 Å². The van der Waals surface area contributed by atoms with Gasteiger partial charge in [-0.3, -0.25) is 20.7 Å². The van der Waals surface area contributed by atoms with E-state index in [1.165, 1.54) is 10.8 Å². The van der Waals surface area contributed by atoms with Crippen LogP contribution in [0.5, 0.6) is 5.75 Å². The summed E-state index contributed by atoms with van der Waals surface area (Å²) in [5, 5.41) is 22.4. The van der Waals surface area contributed by atoms with E-state index in [0.29, 0.717) is 35.9 Å². The summed E-state index contributed by atoms with van der Waals surface area (Å²) in [4.78, 5) is 17.5. The molecule has 0 unspecified atom stereocenters. The third kappa shape index (κ3) is 6.81. The van der Waals surface area contributed by atoms with Crippen LogP contribution in [0.15, 0.2) is 84.1 Å². The molecule has 0 spiro atoms. The Hall–Kier alpha value is -4.66. The summed E-state index contributed by atoms with van der Waals surface area (Å²) in [6.07, 6.45) is 5.71. The molecule has 1 heterocycles. The van der Waals surface area contributed by atoms with Crippen molar-refractivity contribution in [3.8, 4) is 5.75 Å². The monoisotopic (exact) mass is 525 g/mol. The number of rotatable bonds is 6. The fourth-order valence-corrected chi connectivity index (χ4v) is 4.48. The molecule has 3 aromatic rings. The van der Waals surface area contributed by atoms with Crippen molar-refractivity contribution in [2.75, 3.05) is 0 Å². The van der Waals surface area contributed by atoms with Gasteiger partial charge in [-0.25, -0.2) is 9.79 Å². The van der Waals surface area contributed by atoms with Gasteiger partial charge in [0, 0.05) is 5.92 Å². The summed E-state index contributed by atoms with van der Waals surface area (Å²) in [6.45, 7) is 5.85. The number of carbonyl (C=O) groups excluding carboxylic acids is 1. The summed E-state index contributed by atoms with van der Waals surface area (Å²) in [6, 6.07) is 18.4. The Bertz CT molecular complexity index is 1450. The molecule has 202 valence electrons. The van der Waals surface area contributed by atoms with E-state index in [1.54, 1.807) is 24.4 Å². The van der Waals surface area contributed by atoms with Crippen molar-refractivity contribution >= 4 is 23.4 Å². The molecule has 0 aliphatic heterocycles. The van der Waals surface area contributed by atoms with Crippen molar-refractivity contribution in [1.29, 1.82) is 10.8 Å². The van der Waals surface area contributed by atoms with E-state index in [2.05, 4.69) is 15.6 Å². The Morgan fingerprint density at radius 1 is 1.10 bits per heavy atom. The fraction of sp³-hybridized carbons (Fsp3) is 0.267. The Morgan fingerprint density at radius 3 is 2.51 bits per heavy atom. The second-order valence-corrected chi connectivity index (χ2v) is 9.82. The van der Waals surface area contributed by atoms with Crippen LogP contribution in [0.2, 0.25) is 0 Å². The van der Waals surface area contributed by atoms with Gasteiger partial charge in [0.25, 0.3) is 0 Å². The SMILES string of the molecule is Cc1ccc(N=C(C=CN)NC(=O)N[C@H]2CC[C@@H](Oc3ccc(=N)n(C(=N)C(C)C)c3)c3ccccc32)cc1. The van der Waals surface area contributed by atoms with E-state index in [4.69, 9.17) is 21.3 Å². The van der Waals surface area contributed by atoms with Gasteiger partial charge in [0.2, 0.25) is 0 Å². The van der Waals surface area contributed by atoms with Crippen molar-refractivity contribution in [3.05, 3.63) is 101 Å². The zero-order valence-corrected chi connectivity index (χ0v) is 22.4. The topological polar surface area (TPSA) is 141 Å². The zero-order valence-electron chi connectivity index (χ0n) is 22.4. The van der Waals surface area contributed by atoms with Crippen LogP contribution >= 0.6 is 0 Å². The molecular formula is C30H35N7O2. The first kappa shape index (κ1) is 27.4. The van der Waals surface area contributed by atoms with Crippen molar-refractivity contribution in [3.63, 3.8) is 0 Å². The lowest BCUT2D eigenvalue weighted by atomic mass is 9.85. The van der Waals surface area contributed by atoms with Gasteiger partial charge in [0.05, 0.1) is 17.9 Å². The maximum absolute atomic E-state index is 13.0. The van der Waals surface area contributed by atoms with Crippen LogP contribution < -0.4 is 26.6 Å². The molecule has 0 saturated carbocycles. The molecule has 1 aromatic heterocycles. The Balaban J connectivity index is 1.49. The van der Waals surface area contributed by atoms with Gasteiger partial charge in [0.15, 0.2) is 0 Å². The molecule has 6 N–H and O–H groups in total. The molecule has 9 nitrogen and oxygen atoms in total. The Morgan fingerprint density at radius 2 is 1.82 bits per heavy atom. The largest absolute Gasteiger partial charge is 0.484 e. The Labute approximate surface area is 228 Å². The number of amidine groups is 1. The first-order valence-corrected chi connectivity index (χ1v) is 13.0. The number of nitrogens with zero attached hydrogens (tertiary/aromatic N) is 2. The number of fused-ring (bicyclic) bond motifs is 1. The van der Waals surface area contributed by atoms with Crippen LogP contribution in [-0.2, 0) is 0 Å². The molecule has 4 rings (SSSR count). The number of urea groups is 1. The van der Waals surface area contributed by atoms with Crippen LogP contribution in [0, 0.1) is 23.7 Å². The van der Waals surface area contributed by atoms with E-state index in [1.807, 2.05) is 69.3 Å². The fourth-order valence-electron chi connectivity index (χ4n) is 4.48. The number of aryl methyl sites for hydroxylation is 1. The second kappa shape index (κ2) is 12.3. The minimum atomic E-state index is -0.377. The molecule has 0 radical (unpaired) electrons. The van der Waals surface area contributed by atoms with Gasteiger partial charge in [0.1, 0.15) is 29.0 Å². The van der Waals surface area contributed by atoms with E-state index in [-0.39, 0.29) is 29.6 Å². The van der Waals surface area contributed by atoms with Crippen LogP contribution in [-0.4, -0.2) is 22.3 Å². The zero-order chi connectivity index (χ0) is 27.9. The van der Waals surface area contributed by atoms with Crippen molar-refractivity contribution in [2.45, 2.75) is 45.8 Å². The highest BCUT2D eigenvalue weighted by atomic mass is 16.5. The minimum absolute atomic E-state index is 0.0227. The molecule has 1 aliphatic rings. The average molecular weight is 526 g/mol. The second-order valence-electron chi connectivity index (χ2n) is 9.82. The number of hydrogen-bond donors (Lipinski definition) is 5. The summed E-state index contributed by atoms with van der Waals surface area (Å²) in [7, 11) is 0. The smallest absolute Gasteiger partial charge is 0.320 e. The number of carbonyl (C=O) groups is 1. The summed E-state index contributed by atoms with van der Waals surface area (Å²) >= 11 is 0. The lowest BCUT2D eigenvalue weighted by Crippen LogP contribution is -2.42. The maximum Gasteiger partial charge on any atom is 0.320 e. The number of aliphatic imine (C=N–C) groups is 1. The van der Waals surface area contributed by atoms with Crippen molar-refractivity contribution in [2.24, 2.45) is 16.6 Å². The van der Waals surface area contributed by atoms with Crippen LogP contribution in [0.3, 0.4) is 0 Å². The molecular weight excluding hydrogens is 490 g/mol. The van der Waals surface area contributed by atoms with Gasteiger partial charge >= 0.3 is 6.03 Å². The first-order valence-electron chi connectivity index (χ1n) is 13.0. The third-order valence-corrected chi connectivity index (χ3v) is 6.53. The number of nitrogens with one attached hydrogen (secondary N) is 4. The lowest BCUT2D eigenvalue weighted by molar-refractivity contribution is 0.171. The van der Waals surface area contributed by atoms with Gasteiger partial charge in [-0.1, -0.05) is 55.8 Å². The van der Waals surface area contributed by atoms with E-state index >= 15 is 0 Å². The molecule has 2 amide bonds. The number of nitrogens with two attached hydrogens (primary N) is 1. The standard InChI is InChI=1S/C30H35N7O2/c1-19(2)29(33)37-18-22(12-15-27(37)32)39-26-14-13-25(23-6-4-5-7-24(23)26)35-30(38)36-28(16-17-31)34-21-10-8-20(3)9-11-21/h4-12,15-19,25-26,32-33H,13-14,31H2,1-3H3,(H2,34,35,36,38)/t25-,26+/m0/s1. The van der Waals surface area contributed by atoms with Crippen LogP contribution in [0.25, 0.3) is 0 Å². The number of pyridine rings is 1. The molecule has 0 saturated heterocycles. The molecule has 9 heteroatoms. The van der Waals surface area contributed by atoms with Gasteiger partial charge < -0.3 is 15.8 Å². The number of ether oxygens (including phenoxy) is 1. The first-order chi connectivity index (χ1) is 18.7. The predicted molar refractivity (Wildman–Crippen MR) is 153 cm³/mol. The average Bonchev–Trinajstić information content (AvgIpc) is 2.92. The minimum Gasteiger partial charge on any atom is -0.484 e. The Kier molecular flexibility index (Phi) is 8.60. The highest BCUT2D eigenvalue weighted by Gasteiger charge is 2.29. The maximum atomic E-state index is 13.0. The van der Waals surface area contributed by atoms with Gasteiger partial charge in [-0.15, -0.1) is 0 Å². The number of amides is 2.